The molecule has 1 saturated heterocycles. The number of aromatic nitrogens is 3. The van der Waals surface area contributed by atoms with Gasteiger partial charge in [-0.3, -0.25) is 0 Å². The van der Waals surface area contributed by atoms with E-state index < -0.39 is 0 Å². The molecule has 5 nitrogen and oxygen atoms in total. The highest BCUT2D eigenvalue weighted by molar-refractivity contribution is 5.40. The molecule has 1 unspecified atom stereocenters. The highest BCUT2D eigenvalue weighted by Crippen LogP contribution is 2.07. The first-order valence-electron chi connectivity index (χ1n) is 5.94. The van der Waals surface area contributed by atoms with Crippen LogP contribution in [-0.4, -0.2) is 40.4 Å². The smallest absolute Gasteiger partial charge is 0.155 e. The molecule has 3 rings (SSSR count). The molecule has 2 aromatic rings. The first kappa shape index (κ1) is 10.7. The minimum atomic E-state index is 0.335. The molecular weight excluding hydrogens is 216 g/mol. The fourth-order valence-corrected chi connectivity index (χ4v) is 2.09. The number of aryl methyl sites for hydroxylation is 1. The van der Waals surface area contributed by atoms with Crippen molar-refractivity contribution in [2.75, 3.05) is 19.8 Å². The Morgan fingerprint density at radius 2 is 2.53 bits per heavy atom. The zero-order chi connectivity index (χ0) is 11.7. The van der Waals surface area contributed by atoms with Crippen LogP contribution in [0.4, 0.5) is 0 Å². The van der Waals surface area contributed by atoms with Crippen LogP contribution in [0.2, 0.25) is 0 Å². The van der Waals surface area contributed by atoms with Crippen molar-refractivity contribution in [3.63, 3.8) is 0 Å². The van der Waals surface area contributed by atoms with Crippen LogP contribution in [0.15, 0.2) is 18.3 Å². The number of morpholine rings is 1. The Hall–Kier alpha value is -1.46. The predicted octanol–water partition coefficient (Wildman–Crippen LogP) is 0.569. The van der Waals surface area contributed by atoms with Crippen LogP contribution < -0.4 is 5.32 Å². The van der Waals surface area contributed by atoms with Crippen molar-refractivity contribution >= 4 is 5.65 Å². The normalized spacial score (nSPS) is 20.9. The van der Waals surface area contributed by atoms with E-state index in [1.54, 1.807) is 0 Å². The second-order valence-electron chi connectivity index (χ2n) is 4.46. The first-order chi connectivity index (χ1) is 8.31. The summed E-state index contributed by atoms with van der Waals surface area (Å²) in [5.41, 5.74) is 2.12. The molecule has 90 valence electrons. The molecule has 0 bridgehead atoms. The third kappa shape index (κ3) is 2.30. The van der Waals surface area contributed by atoms with Crippen molar-refractivity contribution in [2.45, 2.75) is 19.4 Å². The Labute approximate surface area is 99.8 Å². The first-order valence-corrected chi connectivity index (χ1v) is 5.94. The number of nitrogens with one attached hydrogen (secondary N) is 1. The molecule has 1 N–H and O–H groups in total. The van der Waals surface area contributed by atoms with Gasteiger partial charge in [0.1, 0.15) is 0 Å². The second kappa shape index (κ2) is 4.43. The largest absolute Gasteiger partial charge is 0.379 e. The van der Waals surface area contributed by atoms with Crippen LogP contribution in [0.3, 0.4) is 0 Å². The molecule has 1 aliphatic rings. The summed E-state index contributed by atoms with van der Waals surface area (Å²) in [5, 5.41) is 7.87. The molecule has 1 aliphatic heterocycles. The summed E-state index contributed by atoms with van der Waals surface area (Å²) in [6.45, 7) is 4.52. The maximum absolute atomic E-state index is 5.42. The number of rotatable bonds is 2. The topological polar surface area (TPSA) is 51.5 Å². The van der Waals surface area contributed by atoms with Crippen molar-refractivity contribution in [1.29, 1.82) is 0 Å². The zero-order valence-electron chi connectivity index (χ0n) is 9.89. The van der Waals surface area contributed by atoms with Gasteiger partial charge in [0.15, 0.2) is 11.5 Å². The van der Waals surface area contributed by atoms with Crippen LogP contribution in [-0.2, 0) is 11.2 Å². The van der Waals surface area contributed by atoms with Gasteiger partial charge >= 0.3 is 0 Å². The maximum atomic E-state index is 5.42. The van der Waals surface area contributed by atoms with Gasteiger partial charge in [-0.1, -0.05) is 0 Å². The van der Waals surface area contributed by atoms with E-state index in [1.807, 2.05) is 22.8 Å². The van der Waals surface area contributed by atoms with Crippen molar-refractivity contribution in [2.24, 2.45) is 0 Å². The van der Waals surface area contributed by atoms with Gasteiger partial charge in [-0.25, -0.2) is 9.50 Å². The number of nitrogens with zero attached hydrogens (tertiary/aromatic N) is 3. The quantitative estimate of drug-likeness (QED) is 0.822. The molecule has 0 aromatic carbocycles. The number of hydrogen-bond acceptors (Lipinski definition) is 4. The summed E-state index contributed by atoms with van der Waals surface area (Å²) in [5.74, 6) is 0.874. The van der Waals surface area contributed by atoms with Gasteiger partial charge in [-0.05, 0) is 24.6 Å². The van der Waals surface area contributed by atoms with Gasteiger partial charge in [0.25, 0.3) is 0 Å². The minimum Gasteiger partial charge on any atom is -0.379 e. The molecule has 2 aromatic heterocycles. The lowest BCUT2D eigenvalue weighted by Gasteiger charge is -2.22. The lowest BCUT2D eigenvalue weighted by molar-refractivity contribution is 0.0764. The number of fused-ring (bicyclic) bond motifs is 1. The van der Waals surface area contributed by atoms with Crippen LogP contribution in [0, 0.1) is 6.92 Å². The van der Waals surface area contributed by atoms with E-state index in [4.69, 9.17) is 4.74 Å². The summed E-state index contributed by atoms with van der Waals surface area (Å²) in [6, 6.07) is 4.41. The van der Waals surface area contributed by atoms with Crippen molar-refractivity contribution in [3.8, 4) is 0 Å². The summed E-state index contributed by atoms with van der Waals surface area (Å²) < 4.78 is 7.25. The fourth-order valence-electron chi connectivity index (χ4n) is 2.09. The van der Waals surface area contributed by atoms with Gasteiger partial charge in [0.05, 0.1) is 13.2 Å². The van der Waals surface area contributed by atoms with Crippen LogP contribution in [0.25, 0.3) is 5.65 Å². The Morgan fingerprint density at radius 1 is 1.59 bits per heavy atom. The predicted molar refractivity (Wildman–Crippen MR) is 64.0 cm³/mol. The average Bonchev–Trinajstić information content (AvgIpc) is 2.71. The van der Waals surface area contributed by atoms with Gasteiger partial charge in [0, 0.05) is 25.2 Å². The van der Waals surface area contributed by atoms with Crippen molar-refractivity contribution in [1.82, 2.24) is 19.9 Å². The summed E-state index contributed by atoms with van der Waals surface area (Å²) in [7, 11) is 0. The molecule has 5 heteroatoms. The molecular formula is C12H16N4O. The van der Waals surface area contributed by atoms with E-state index in [0.717, 1.165) is 37.7 Å². The van der Waals surface area contributed by atoms with E-state index >= 15 is 0 Å². The second-order valence-corrected chi connectivity index (χ2v) is 4.46. The maximum Gasteiger partial charge on any atom is 0.155 e. The van der Waals surface area contributed by atoms with E-state index in [1.165, 1.54) is 5.56 Å². The van der Waals surface area contributed by atoms with Gasteiger partial charge in [-0.2, -0.15) is 5.10 Å². The Bertz CT molecular complexity index is 516. The SMILES string of the molecule is Cc1ccn2nc(CC3COCCN3)nc2c1. The third-order valence-electron chi connectivity index (χ3n) is 2.96. The Balaban J connectivity index is 1.80. The molecule has 0 aliphatic carbocycles. The molecule has 0 spiro atoms. The van der Waals surface area contributed by atoms with Crippen LogP contribution >= 0.6 is 0 Å². The van der Waals surface area contributed by atoms with E-state index in [9.17, 15) is 0 Å². The van der Waals surface area contributed by atoms with Crippen molar-refractivity contribution < 1.29 is 4.74 Å². The van der Waals surface area contributed by atoms with E-state index in [0.29, 0.717) is 6.04 Å². The van der Waals surface area contributed by atoms with Crippen LogP contribution in [0.5, 0.6) is 0 Å². The molecule has 0 amide bonds. The number of pyridine rings is 1. The molecule has 1 atom stereocenters. The number of ether oxygens (including phenoxy) is 1. The lowest BCUT2D eigenvalue weighted by atomic mass is 10.2. The fraction of sp³-hybridized carbons (Fsp3) is 0.500. The summed E-state index contributed by atoms with van der Waals surface area (Å²) in [4.78, 5) is 4.52. The van der Waals surface area contributed by atoms with E-state index in [-0.39, 0.29) is 0 Å². The Morgan fingerprint density at radius 3 is 3.35 bits per heavy atom. The highest BCUT2D eigenvalue weighted by Gasteiger charge is 2.16. The minimum absolute atomic E-state index is 0.335. The summed E-state index contributed by atoms with van der Waals surface area (Å²) >= 11 is 0. The molecule has 3 heterocycles. The monoisotopic (exact) mass is 232 g/mol. The molecule has 17 heavy (non-hydrogen) atoms. The summed E-state index contributed by atoms with van der Waals surface area (Å²) in [6.07, 6.45) is 2.77. The molecule has 0 saturated carbocycles. The van der Waals surface area contributed by atoms with Gasteiger partial charge < -0.3 is 10.1 Å². The number of hydrogen-bond donors (Lipinski definition) is 1. The zero-order valence-corrected chi connectivity index (χ0v) is 9.89. The van der Waals surface area contributed by atoms with Crippen LogP contribution in [0.1, 0.15) is 11.4 Å². The average molecular weight is 232 g/mol. The van der Waals surface area contributed by atoms with Crippen molar-refractivity contribution in [3.05, 3.63) is 29.7 Å². The third-order valence-corrected chi connectivity index (χ3v) is 2.96. The van der Waals surface area contributed by atoms with Gasteiger partial charge in [0.2, 0.25) is 0 Å². The standard InChI is InChI=1S/C12H16N4O/c1-9-2-4-16-12(6-9)14-11(15-16)7-10-8-17-5-3-13-10/h2,4,6,10,13H,3,5,7-8H2,1H3. The molecule has 0 radical (unpaired) electrons. The van der Waals surface area contributed by atoms with Gasteiger partial charge in [-0.15, -0.1) is 0 Å². The molecule has 1 fully saturated rings. The van der Waals surface area contributed by atoms with E-state index in [2.05, 4.69) is 22.3 Å². The lowest BCUT2D eigenvalue weighted by Crippen LogP contribution is -2.42. The highest BCUT2D eigenvalue weighted by atomic mass is 16.5. The Kier molecular flexibility index (Phi) is 2.78.